The Morgan fingerprint density at radius 2 is 1.54 bits per heavy atom. The lowest BCUT2D eigenvalue weighted by molar-refractivity contribution is -0.919. The van der Waals surface area contributed by atoms with Crippen LogP contribution in [0.1, 0.15) is 55.2 Å². The number of nitrogens with zero attached hydrogens (tertiary/aromatic N) is 1. The fourth-order valence-corrected chi connectivity index (χ4v) is 7.67. The zero-order chi connectivity index (χ0) is 27.0. The molecule has 0 amide bonds. The second-order valence-corrected chi connectivity index (χ2v) is 12.2. The number of carbonyl (C=O) groups excluding carboxylic acids is 1. The van der Waals surface area contributed by atoms with E-state index in [0.717, 1.165) is 30.3 Å². The second kappa shape index (κ2) is 10.4. The van der Waals surface area contributed by atoms with Crippen LogP contribution in [0.4, 0.5) is 0 Å². The quantitative estimate of drug-likeness (QED) is 0.207. The van der Waals surface area contributed by atoms with Gasteiger partial charge in [-0.2, -0.15) is 0 Å². The summed E-state index contributed by atoms with van der Waals surface area (Å²) in [5, 5.41) is 14.5. The second-order valence-electron chi connectivity index (χ2n) is 12.2. The van der Waals surface area contributed by atoms with Crippen molar-refractivity contribution in [2.24, 2.45) is 11.8 Å². The van der Waals surface area contributed by atoms with Crippen LogP contribution in [0.2, 0.25) is 0 Å². The van der Waals surface area contributed by atoms with Crippen LogP contribution in [0.5, 0.6) is 11.5 Å². The molecule has 1 heterocycles. The Kier molecular flexibility index (Phi) is 6.98. The molecular formula is C34H39NO4. The highest BCUT2D eigenvalue weighted by Crippen LogP contribution is 2.52. The van der Waals surface area contributed by atoms with Gasteiger partial charge in [-0.25, -0.2) is 0 Å². The Labute approximate surface area is 232 Å². The highest BCUT2D eigenvalue weighted by molar-refractivity contribution is 5.88. The molecule has 0 radical (unpaired) electrons. The molecule has 0 aromatic heterocycles. The molecule has 3 aromatic rings. The summed E-state index contributed by atoms with van der Waals surface area (Å²) in [5.41, 5.74) is -0.0537. The first kappa shape index (κ1) is 26.1. The van der Waals surface area contributed by atoms with E-state index in [1.165, 1.54) is 31.2 Å². The number of carbonyl (C=O) groups is 1. The lowest BCUT2D eigenvalue weighted by Crippen LogP contribution is -2.54. The van der Waals surface area contributed by atoms with Gasteiger partial charge in [0.15, 0.2) is 0 Å². The van der Waals surface area contributed by atoms with E-state index in [4.69, 9.17) is 9.47 Å². The zero-order valence-corrected chi connectivity index (χ0v) is 23.1. The molecule has 5 nitrogen and oxygen atoms in total. The summed E-state index contributed by atoms with van der Waals surface area (Å²) in [6.07, 6.45) is 7.65. The van der Waals surface area contributed by atoms with E-state index in [0.29, 0.717) is 40.5 Å². The molecule has 2 bridgehead atoms. The number of rotatable bonds is 9. The van der Waals surface area contributed by atoms with Crippen molar-refractivity contribution in [1.29, 1.82) is 0 Å². The van der Waals surface area contributed by atoms with E-state index in [-0.39, 0.29) is 6.10 Å². The predicted molar refractivity (Wildman–Crippen MR) is 149 cm³/mol. The largest absolute Gasteiger partial charge is 0.834 e. The molecule has 0 saturated heterocycles. The number of hydrogen-bond acceptors (Lipinski definition) is 4. The van der Waals surface area contributed by atoms with E-state index < -0.39 is 11.6 Å². The number of quaternary nitrogens is 1. The minimum absolute atomic E-state index is 0.204. The van der Waals surface area contributed by atoms with E-state index in [1.807, 2.05) is 12.1 Å². The van der Waals surface area contributed by atoms with Crippen LogP contribution in [0.3, 0.4) is 0 Å². The summed E-state index contributed by atoms with van der Waals surface area (Å²) in [5.74, 6) is 0.988. The van der Waals surface area contributed by atoms with Crippen molar-refractivity contribution in [2.75, 3.05) is 20.6 Å². The van der Waals surface area contributed by atoms with Crippen molar-refractivity contribution >= 4 is 5.97 Å². The van der Waals surface area contributed by atoms with Gasteiger partial charge in [-0.3, -0.25) is 4.79 Å². The van der Waals surface area contributed by atoms with Crippen LogP contribution < -0.4 is 9.84 Å². The van der Waals surface area contributed by atoms with Crippen molar-refractivity contribution in [3.05, 3.63) is 95.6 Å². The number of unbranched alkanes of at least 4 members (excludes halogenated alkanes) is 2. The van der Waals surface area contributed by atoms with Gasteiger partial charge in [0.25, 0.3) is 0 Å². The maximum absolute atomic E-state index is 14.5. The third-order valence-corrected chi connectivity index (χ3v) is 9.45. The summed E-state index contributed by atoms with van der Waals surface area (Å²) in [4.78, 5) is 13.8. The summed E-state index contributed by atoms with van der Waals surface area (Å²) >= 11 is 0. The minimum Gasteiger partial charge on any atom is -0.834 e. The van der Waals surface area contributed by atoms with Crippen molar-refractivity contribution in [3.63, 3.8) is 0 Å². The smallest absolute Gasteiger partial charge is 0.304 e. The maximum Gasteiger partial charge on any atom is 0.304 e. The Morgan fingerprint density at radius 1 is 0.897 bits per heavy atom. The molecule has 1 aliphatic heterocycles. The van der Waals surface area contributed by atoms with Crippen molar-refractivity contribution in [3.8, 4) is 11.5 Å². The average Bonchev–Trinajstić information content (AvgIpc) is 3.53. The standard InChI is InChI=1S/C34H39NO4/c1-35(2,22-12-4-7-15-24-13-5-3-6-14-24)32-25-20-21-26(32)31(23-25)39-33(36)34(37)27-16-8-10-18-29(27)38-30-19-11-9-17-28(30)34/h3,5-6,8-11,13-14,16-19,25-26,31-32H,4,7,12,15,20-23H2,1-2H3/t25?,26-,31-,32?/m1/s1. The van der Waals surface area contributed by atoms with Gasteiger partial charge in [0.05, 0.1) is 26.7 Å². The number of benzene rings is 3. The minimum atomic E-state index is -2.13. The summed E-state index contributed by atoms with van der Waals surface area (Å²) in [6.45, 7) is 1.12. The third kappa shape index (κ3) is 4.76. The van der Waals surface area contributed by atoms with Crippen LogP contribution in [0.15, 0.2) is 78.9 Å². The molecule has 6 rings (SSSR count). The van der Waals surface area contributed by atoms with Gasteiger partial charge >= 0.3 is 5.97 Å². The first-order valence-corrected chi connectivity index (χ1v) is 14.5. The molecule has 39 heavy (non-hydrogen) atoms. The van der Waals surface area contributed by atoms with E-state index in [1.54, 1.807) is 36.4 Å². The lowest BCUT2D eigenvalue weighted by Gasteiger charge is -2.44. The molecule has 2 aliphatic carbocycles. The topological polar surface area (TPSA) is 58.6 Å². The Hall–Kier alpha value is -3.15. The number of esters is 1. The number of fused-ring (bicyclic) bond motifs is 4. The van der Waals surface area contributed by atoms with Gasteiger partial charge in [0, 0.05) is 28.6 Å². The van der Waals surface area contributed by atoms with Gasteiger partial charge in [-0.1, -0.05) is 66.7 Å². The molecule has 3 aliphatic rings. The first-order chi connectivity index (χ1) is 18.9. The van der Waals surface area contributed by atoms with Crippen molar-refractivity contribution in [2.45, 2.75) is 62.7 Å². The monoisotopic (exact) mass is 525 g/mol. The van der Waals surface area contributed by atoms with E-state index in [2.05, 4.69) is 44.4 Å². The SMILES string of the molecule is C[N+](C)(CCCCCc1ccccc1)C1C2CC[C@@H]1[C@H](OC(=O)C1([O-])c3ccccc3Oc3ccccc31)C2. The van der Waals surface area contributed by atoms with Gasteiger partial charge in [-0.15, -0.1) is 0 Å². The fraction of sp³-hybridized carbons (Fsp3) is 0.441. The highest BCUT2D eigenvalue weighted by Gasteiger charge is 2.57. The van der Waals surface area contributed by atoms with Crippen LogP contribution in [0.25, 0.3) is 0 Å². The Morgan fingerprint density at radius 3 is 2.23 bits per heavy atom. The average molecular weight is 526 g/mol. The molecule has 2 fully saturated rings. The fourth-order valence-electron chi connectivity index (χ4n) is 7.67. The molecule has 0 spiro atoms. The molecule has 3 aromatic carbocycles. The van der Waals surface area contributed by atoms with E-state index >= 15 is 0 Å². The number of para-hydroxylation sites is 2. The predicted octanol–water partition coefficient (Wildman–Crippen LogP) is 5.60. The molecular weight excluding hydrogens is 486 g/mol. The summed E-state index contributed by atoms with van der Waals surface area (Å²) in [6, 6.07) is 25.3. The van der Waals surface area contributed by atoms with E-state index in [9.17, 15) is 9.90 Å². The lowest BCUT2D eigenvalue weighted by atomic mass is 9.83. The molecule has 2 saturated carbocycles. The van der Waals surface area contributed by atoms with Gasteiger partial charge in [0.2, 0.25) is 0 Å². The van der Waals surface area contributed by atoms with Crippen molar-refractivity contribution in [1.82, 2.24) is 0 Å². The van der Waals surface area contributed by atoms with Crippen LogP contribution >= 0.6 is 0 Å². The van der Waals surface area contributed by atoms with Crippen LogP contribution in [-0.2, 0) is 21.6 Å². The molecule has 5 heteroatoms. The van der Waals surface area contributed by atoms with Crippen LogP contribution in [-0.4, -0.2) is 43.2 Å². The third-order valence-electron chi connectivity index (χ3n) is 9.45. The van der Waals surface area contributed by atoms with Gasteiger partial charge < -0.3 is 19.1 Å². The Balaban J connectivity index is 1.12. The molecule has 4 atom stereocenters. The first-order valence-electron chi connectivity index (χ1n) is 14.5. The van der Waals surface area contributed by atoms with Crippen molar-refractivity contribution < 1.29 is 23.9 Å². The molecule has 2 unspecified atom stereocenters. The molecule has 0 N–H and O–H groups in total. The zero-order valence-electron chi connectivity index (χ0n) is 23.1. The van der Waals surface area contributed by atoms with Crippen LogP contribution in [0, 0.1) is 11.8 Å². The Bertz CT molecular complexity index is 1270. The number of aryl methyl sites for hydroxylation is 1. The summed E-state index contributed by atoms with van der Waals surface area (Å²) < 4.78 is 13.1. The highest BCUT2D eigenvalue weighted by atomic mass is 16.6. The van der Waals surface area contributed by atoms with Gasteiger partial charge in [-0.05, 0) is 62.6 Å². The normalized spacial score (nSPS) is 24.5. The summed E-state index contributed by atoms with van der Waals surface area (Å²) in [7, 11) is 4.69. The number of hydrogen-bond donors (Lipinski definition) is 0. The number of ether oxygens (including phenoxy) is 2. The maximum atomic E-state index is 14.5. The van der Waals surface area contributed by atoms with Gasteiger partial charge in [0.1, 0.15) is 17.6 Å². The molecule has 204 valence electrons.